The lowest BCUT2D eigenvalue weighted by molar-refractivity contribution is 0.0692. The molecule has 4 nitrogen and oxygen atoms in total. The van der Waals surface area contributed by atoms with Gasteiger partial charge in [0.05, 0.1) is 6.04 Å². The Hall–Kier alpha value is -1.55. The standard InChI is InChI=1S/C16H20ClN3O/c1-11-15(18-14-8-3-4-9-20(11)14)19(2)16(21)12-6-5-7-13(17)10-12/h5-7,10-11,15H,3-4,8-9H2,1-2H3. The SMILES string of the molecule is CC1C(N(C)C(=O)c2cccc(Cl)c2)N=C2CCCCN21. The summed E-state index contributed by atoms with van der Waals surface area (Å²) in [5.41, 5.74) is 0.613. The van der Waals surface area contributed by atoms with Crippen LogP contribution < -0.4 is 0 Å². The van der Waals surface area contributed by atoms with E-state index in [9.17, 15) is 4.79 Å². The van der Waals surface area contributed by atoms with Crippen LogP contribution >= 0.6 is 11.6 Å². The van der Waals surface area contributed by atoms with Gasteiger partial charge in [0.15, 0.2) is 0 Å². The van der Waals surface area contributed by atoms with E-state index < -0.39 is 0 Å². The van der Waals surface area contributed by atoms with Crippen molar-refractivity contribution in [3.05, 3.63) is 34.9 Å². The van der Waals surface area contributed by atoms with Crippen molar-refractivity contribution in [2.75, 3.05) is 13.6 Å². The molecule has 0 radical (unpaired) electrons. The number of aliphatic imine (C=N–C) groups is 1. The first-order chi connectivity index (χ1) is 10.1. The normalized spacial score (nSPS) is 24.5. The van der Waals surface area contributed by atoms with Gasteiger partial charge in [-0.25, -0.2) is 4.99 Å². The topological polar surface area (TPSA) is 35.9 Å². The second-order valence-electron chi connectivity index (χ2n) is 5.78. The van der Waals surface area contributed by atoms with Crippen molar-refractivity contribution < 1.29 is 4.79 Å². The third-order valence-corrected chi connectivity index (χ3v) is 4.61. The van der Waals surface area contributed by atoms with Crippen LogP contribution in [0.5, 0.6) is 0 Å². The van der Waals surface area contributed by atoms with E-state index in [1.807, 2.05) is 7.05 Å². The van der Waals surface area contributed by atoms with Crippen LogP contribution in [0.4, 0.5) is 0 Å². The van der Waals surface area contributed by atoms with Crippen LogP contribution in [0.3, 0.4) is 0 Å². The molecule has 0 aliphatic carbocycles. The number of halogens is 1. The molecule has 0 N–H and O–H groups in total. The highest BCUT2D eigenvalue weighted by Crippen LogP contribution is 2.27. The molecular weight excluding hydrogens is 286 g/mol. The fraction of sp³-hybridized carbons (Fsp3) is 0.500. The van der Waals surface area contributed by atoms with Crippen molar-refractivity contribution in [3.8, 4) is 0 Å². The van der Waals surface area contributed by atoms with E-state index in [4.69, 9.17) is 16.6 Å². The minimum atomic E-state index is -0.107. The summed E-state index contributed by atoms with van der Waals surface area (Å²) in [4.78, 5) is 21.5. The largest absolute Gasteiger partial charge is 0.354 e. The second-order valence-corrected chi connectivity index (χ2v) is 6.21. The molecule has 2 aliphatic rings. The van der Waals surface area contributed by atoms with Crippen LogP contribution in [0, 0.1) is 0 Å². The number of hydrogen-bond acceptors (Lipinski definition) is 3. The average Bonchev–Trinajstić information content (AvgIpc) is 2.83. The first-order valence-electron chi connectivity index (χ1n) is 7.44. The lowest BCUT2D eigenvalue weighted by Crippen LogP contribution is -2.47. The smallest absolute Gasteiger partial charge is 0.255 e. The van der Waals surface area contributed by atoms with E-state index in [-0.39, 0.29) is 18.1 Å². The number of carbonyl (C=O) groups excluding carboxylic acids is 1. The van der Waals surface area contributed by atoms with Gasteiger partial charge in [-0.2, -0.15) is 0 Å². The summed E-state index contributed by atoms with van der Waals surface area (Å²) < 4.78 is 0. The van der Waals surface area contributed by atoms with Crippen LogP contribution in [0.2, 0.25) is 5.02 Å². The minimum Gasteiger partial charge on any atom is -0.354 e. The van der Waals surface area contributed by atoms with Gasteiger partial charge < -0.3 is 9.80 Å². The fourth-order valence-electron chi connectivity index (χ4n) is 3.19. The molecule has 112 valence electrons. The first-order valence-corrected chi connectivity index (χ1v) is 7.82. The van der Waals surface area contributed by atoms with Crippen LogP contribution in [-0.2, 0) is 0 Å². The van der Waals surface area contributed by atoms with Gasteiger partial charge in [0, 0.05) is 30.6 Å². The molecule has 0 bridgehead atoms. The quantitative estimate of drug-likeness (QED) is 0.842. The van der Waals surface area contributed by atoms with E-state index in [0.29, 0.717) is 10.6 Å². The van der Waals surface area contributed by atoms with Gasteiger partial charge in [-0.1, -0.05) is 17.7 Å². The maximum absolute atomic E-state index is 12.6. The number of fused-ring (bicyclic) bond motifs is 1. The van der Waals surface area contributed by atoms with Crippen LogP contribution in [0.1, 0.15) is 36.5 Å². The van der Waals surface area contributed by atoms with Gasteiger partial charge >= 0.3 is 0 Å². The van der Waals surface area contributed by atoms with Gasteiger partial charge in [0.25, 0.3) is 5.91 Å². The van der Waals surface area contributed by atoms with Crippen molar-refractivity contribution in [2.45, 2.75) is 38.4 Å². The number of carbonyl (C=O) groups is 1. The predicted octanol–water partition coefficient (Wildman–Crippen LogP) is 3.02. The molecule has 1 aromatic carbocycles. The Morgan fingerprint density at radius 1 is 1.43 bits per heavy atom. The van der Waals surface area contributed by atoms with Gasteiger partial charge in [-0.3, -0.25) is 4.79 Å². The number of likely N-dealkylation sites (N-methyl/N-ethyl adjacent to an activating group) is 1. The lowest BCUT2D eigenvalue weighted by Gasteiger charge is -2.33. The Morgan fingerprint density at radius 2 is 2.24 bits per heavy atom. The number of amides is 1. The summed E-state index contributed by atoms with van der Waals surface area (Å²) >= 11 is 5.97. The number of rotatable bonds is 2. The molecule has 0 aromatic heterocycles. The van der Waals surface area contributed by atoms with Gasteiger partial charge in [0.1, 0.15) is 12.0 Å². The third kappa shape index (κ3) is 2.64. The summed E-state index contributed by atoms with van der Waals surface area (Å²) in [5, 5.41) is 0.581. The maximum atomic E-state index is 12.6. The summed E-state index contributed by atoms with van der Waals surface area (Å²) in [6.45, 7) is 3.20. The van der Waals surface area contributed by atoms with Gasteiger partial charge in [-0.15, -0.1) is 0 Å². The molecule has 2 atom stereocenters. The van der Waals surface area contributed by atoms with Crippen LogP contribution in [0.25, 0.3) is 0 Å². The highest BCUT2D eigenvalue weighted by molar-refractivity contribution is 6.30. The second kappa shape index (κ2) is 5.68. The van der Waals surface area contributed by atoms with E-state index in [2.05, 4.69) is 11.8 Å². The zero-order chi connectivity index (χ0) is 15.0. The monoisotopic (exact) mass is 305 g/mol. The zero-order valence-electron chi connectivity index (χ0n) is 12.4. The number of amidine groups is 1. The summed E-state index contributed by atoms with van der Waals surface area (Å²) in [7, 11) is 1.83. The van der Waals surface area contributed by atoms with Gasteiger partial charge in [-0.05, 0) is 38.0 Å². The molecule has 3 rings (SSSR count). The number of hydrogen-bond donors (Lipinski definition) is 0. The molecule has 1 aromatic rings. The van der Waals surface area contributed by atoms with Crippen LogP contribution in [-0.4, -0.2) is 47.3 Å². The molecule has 1 saturated heterocycles. The zero-order valence-corrected chi connectivity index (χ0v) is 13.2. The molecule has 21 heavy (non-hydrogen) atoms. The maximum Gasteiger partial charge on any atom is 0.255 e. The fourth-order valence-corrected chi connectivity index (χ4v) is 3.38. The van der Waals surface area contributed by atoms with Crippen molar-refractivity contribution in [1.82, 2.24) is 9.80 Å². The Bertz CT molecular complexity index is 587. The highest BCUT2D eigenvalue weighted by atomic mass is 35.5. The Morgan fingerprint density at radius 3 is 2.95 bits per heavy atom. The first kappa shape index (κ1) is 14.4. The van der Waals surface area contributed by atoms with Crippen molar-refractivity contribution in [3.63, 3.8) is 0 Å². The summed E-state index contributed by atoms with van der Waals surface area (Å²) in [6.07, 6.45) is 3.33. The van der Waals surface area contributed by atoms with E-state index in [0.717, 1.165) is 18.8 Å². The van der Waals surface area contributed by atoms with Gasteiger partial charge in [0.2, 0.25) is 0 Å². The minimum absolute atomic E-state index is 0.0291. The summed E-state index contributed by atoms with van der Waals surface area (Å²) in [6, 6.07) is 7.33. The summed E-state index contributed by atoms with van der Waals surface area (Å²) in [5.74, 6) is 1.13. The molecule has 5 heteroatoms. The Labute approximate surface area is 130 Å². The van der Waals surface area contributed by atoms with E-state index in [1.165, 1.54) is 12.8 Å². The molecule has 1 amide bonds. The molecular formula is C16H20ClN3O. The van der Waals surface area contributed by atoms with Crippen molar-refractivity contribution in [1.29, 1.82) is 0 Å². The molecule has 1 fully saturated rings. The molecule has 2 heterocycles. The third-order valence-electron chi connectivity index (χ3n) is 4.37. The van der Waals surface area contributed by atoms with Crippen molar-refractivity contribution >= 4 is 23.3 Å². The van der Waals surface area contributed by atoms with E-state index in [1.54, 1.807) is 29.2 Å². The molecule has 2 unspecified atom stereocenters. The van der Waals surface area contributed by atoms with E-state index >= 15 is 0 Å². The number of nitrogens with zero attached hydrogens (tertiary/aromatic N) is 3. The number of piperidine rings is 1. The molecule has 2 aliphatic heterocycles. The highest BCUT2D eigenvalue weighted by Gasteiger charge is 2.37. The predicted molar refractivity (Wildman–Crippen MR) is 84.8 cm³/mol. The Kier molecular flexibility index (Phi) is 3.89. The Balaban J connectivity index is 1.80. The van der Waals surface area contributed by atoms with Crippen molar-refractivity contribution in [2.24, 2.45) is 4.99 Å². The number of benzene rings is 1. The van der Waals surface area contributed by atoms with Crippen LogP contribution in [0.15, 0.2) is 29.3 Å². The average molecular weight is 306 g/mol. The lowest BCUT2D eigenvalue weighted by atomic mass is 10.1. The molecule has 0 spiro atoms. The molecule has 0 saturated carbocycles.